The van der Waals surface area contributed by atoms with E-state index in [0.717, 1.165) is 0 Å². The number of carbonyl (C=O) groups is 1. The van der Waals surface area contributed by atoms with E-state index in [1.165, 1.54) is 6.26 Å². The van der Waals surface area contributed by atoms with Gasteiger partial charge in [0.2, 0.25) is 0 Å². The maximum absolute atomic E-state index is 11.4. The van der Waals surface area contributed by atoms with E-state index in [2.05, 4.69) is 9.97 Å². The van der Waals surface area contributed by atoms with E-state index in [0.29, 0.717) is 11.6 Å². The molecule has 0 aliphatic rings. The number of nitrogen functional groups attached to an aromatic ring is 1. The van der Waals surface area contributed by atoms with Crippen molar-refractivity contribution >= 4 is 11.8 Å². The van der Waals surface area contributed by atoms with Crippen LogP contribution in [0, 0.1) is 0 Å². The van der Waals surface area contributed by atoms with Crippen molar-refractivity contribution in [2.24, 2.45) is 0 Å². The van der Waals surface area contributed by atoms with Gasteiger partial charge in [-0.3, -0.25) is 0 Å². The number of ether oxygens (including phenoxy) is 1. The highest BCUT2D eigenvalue weighted by Crippen LogP contribution is 2.20. The Kier molecular flexibility index (Phi) is 2.63. The number of hydrogen-bond acceptors (Lipinski definition) is 5. The lowest BCUT2D eigenvalue weighted by Gasteiger charge is -1.98. The molecule has 84 valence electrons. The average Bonchev–Trinajstić information content (AvgIpc) is 2.86. The summed E-state index contributed by atoms with van der Waals surface area (Å²) in [6.45, 7) is 2.01. The highest BCUT2D eigenvalue weighted by Gasteiger charge is 2.17. The Hall–Kier alpha value is -2.24. The zero-order valence-electron chi connectivity index (χ0n) is 8.69. The Balaban J connectivity index is 2.32. The third-order valence-corrected chi connectivity index (χ3v) is 1.97. The van der Waals surface area contributed by atoms with Gasteiger partial charge in [0.05, 0.1) is 12.9 Å². The summed E-state index contributed by atoms with van der Waals surface area (Å²) < 4.78 is 9.94. The number of H-pyrrole nitrogens is 1. The van der Waals surface area contributed by atoms with Crippen LogP contribution in [0.5, 0.6) is 0 Å². The van der Waals surface area contributed by atoms with Crippen molar-refractivity contribution in [1.29, 1.82) is 0 Å². The van der Waals surface area contributed by atoms with Crippen LogP contribution in [0.25, 0.3) is 11.6 Å². The summed E-state index contributed by atoms with van der Waals surface area (Å²) in [5, 5.41) is 0. The molecule has 0 spiro atoms. The van der Waals surface area contributed by atoms with Gasteiger partial charge in [-0.1, -0.05) is 0 Å². The Labute approximate surface area is 91.4 Å². The zero-order valence-corrected chi connectivity index (χ0v) is 8.69. The summed E-state index contributed by atoms with van der Waals surface area (Å²) in [5.74, 6) is 0.503. The Bertz CT molecular complexity index is 487. The highest BCUT2D eigenvalue weighted by molar-refractivity contribution is 5.92. The number of rotatable bonds is 3. The predicted molar refractivity (Wildman–Crippen MR) is 56.7 cm³/mol. The van der Waals surface area contributed by atoms with E-state index in [-0.39, 0.29) is 18.1 Å². The number of esters is 1. The molecule has 2 heterocycles. The van der Waals surface area contributed by atoms with Crippen molar-refractivity contribution < 1.29 is 13.9 Å². The van der Waals surface area contributed by atoms with E-state index >= 15 is 0 Å². The van der Waals surface area contributed by atoms with Gasteiger partial charge in [0.1, 0.15) is 0 Å². The van der Waals surface area contributed by atoms with Crippen LogP contribution in [-0.2, 0) is 4.74 Å². The van der Waals surface area contributed by atoms with Crippen LogP contribution in [-0.4, -0.2) is 22.5 Å². The van der Waals surface area contributed by atoms with Gasteiger partial charge >= 0.3 is 5.97 Å². The predicted octanol–water partition coefficient (Wildman–Crippen LogP) is 1.43. The van der Waals surface area contributed by atoms with E-state index in [9.17, 15) is 4.79 Å². The first kappa shape index (κ1) is 10.3. The molecule has 2 rings (SSSR count). The van der Waals surface area contributed by atoms with Crippen molar-refractivity contribution in [3.63, 3.8) is 0 Å². The monoisotopic (exact) mass is 221 g/mol. The normalized spacial score (nSPS) is 10.3. The first-order chi connectivity index (χ1) is 7.72. The quantitative estimate of drug-likeness (QED) is 0.764. The molecule has 0 aromatic carbocycles. The van der Waals surface area contributed by atoms with Gasteiger partial charge in [-0.15, -0.1) is 0 Å². The standard InChI is InChI=1S/C10H11N3O3/c1-2-15-10(14)7-8(11)13-9(12-7)6-4-3-5-16-6/h3-5H,2,11H2,1H3,(H,12,13). The molecule has 0 aliphatic heterocycles. The lowest BCUT2D eigenvalue weighted by Crippen LogP contribution is -2.07. The molecule has 2 aromatic rings. The van der Waals surface area contributed by atoms with Gasteiger partial charge in [-0.05, 0) is 19.1 Å². The lowest BCUT2D eigenvalue weighted by atomic mass is 10.4. The summed E-state index contributed by atoms with van der Waals surface area (Å²) in [4.78, 5) is 18.2. The third kappa shape index (κ3) is 1.77. The minimum Gasteiger partial charge on any atom is -0.461 e. The van der Waals surface area contributed by atoms with Crippen molar-refractivity contribution in [2.45, 2.75) is 6.92 Å². The number of nitrogens with two attached hydrogens (primary N) is 1. The first-order valence-corrected chi connectivity index (χ1v) is 4.79. The number of hydrogen-bond donors (Lipinski definition) is 2. The minimum absolute atomic E-state index is 0.102. The number of aromatic amines is 1. The number of aromatic nitrogens is 2. The third-order valence-electron chi connectivity index (χ3n) is 1.97. The molecule has 16 heavy (non-hydrogen) atoms. The number of imidazole rings is 1. The molecule has 0 saturated heterocycles. The molecule has 0 radical (unpaired) electrons. The second-order valence-electron chi connectivity index (χ2n) is 3.04. The second-order valence-corrected chi connectivity index (χ2v) is 3.04. The number of furan rings is 1. The fourth-order valence-corrected chi connectivity index (χ4v) is 1.28. The number of anilines is 1. The maximum atomic E-state index is 11.4. The van der Waals surface area contributed by atoms with E-state index in [1.807, 2.05) is 0 Å². The van der Waals surface area contributed by atoms with Gasteiger partial charge in [-0.25, -0.2) is 9.78 Å². The zero-order chi connectivity index (χ0) is 11.5. The minimum atomic E-state index is -0.523. The molecular weight excluding hydrogens is 210 g/mol. The molecule has 6 heteroatoms. The van der Waals surface area contributed by atoms with Gasteiger partial charge in [0.25, 0.3) is 0 Å². The fraction of sp³-hybridized carbons (Fsp3) is 0.200. The molecule has 3 N–H and O–H groups in total. The van der Waals surface area contributed by atoms with Gasteiger partial charge in [0, 0.05) is 0 Å². The average molecular weight is 221 g/mol. The largest absolute Gasteiger partial charge is 0.461 e. The van der Waals surface area contributed by atoms with Crippen LogP contribution in [0.2, 0.25) is 0 Å². The van der Waals surface area contributed by atoms with Gasteiger partial charge in [-0.2, -0.15) is 0 Å². The molecule has 6 nitrogen and oxygen atoms in total. The molecular formula is C10H11N3O3. The maximum Gasteiger partial charge on any atom is 0.358 e. The number of carbonyl (C=O) groups excluding carboxylic acids is 1. The van der Waals surface area contributed by atoms with Gasteiger partial charge < -0.3 is 19.9 Å². The summed E-state index contributed by atoms with van der Waals surface area (Å²) in [7, 11) is 0. The molecule has 0 atom stereocenters. The van der Waals surface area contributed by atoms with Crippen molar-refractivity contribution in [3.8, 4) is 11.6 Å². The lowest BCUT2D eigenvalue weighted by molar-refractivity contribution is 0.0521. The smallest absolute Gasteiger partial charge is 0.358 e. The summed E-state index contributed by atoms with van der Waals surface area (Å²) in [6.07, 6.45) is 1.51. The number of nitrogens with one attached hydrogen (secondary N) is 1. The first-order valence-electron chi connectivity index (χ1n) is 4.79. The number of nitrogens with zero attached hydrogens (tertiary/aromatic N) is 1. The van der Waals surface area contributed by atoms with Crippen LogP contribution in [0.3, 0.4) is 0 Å². The summed E-state index contributed by atoms with van der Waals surface area (Å²) >= 11 is 0. The van der Waals surface area contributed by atoms with Crippen LogP contribution in [0.4, 0.5) is 5.82 Å². The topological polar surface area (TPSA) is 94.1 Å². The second kappa shape index (κ2) is 4.09. The van der Waals surface area contributed by atoms with E-state index in [1.54, 1.807) is 19.1 Å². The van der Waals surface area contributed by atoms with Crippen molar-refractivity contribution in [2.75, 3.05) is 12.3 Å². The fourth-order valence-electron chi connectivity index (χ4n) is 1.28. The molecule has 0 fully saturated rings. The molecule has 0 bridgehead atoms. The van der Waals surface area contributed by atoms with E-state index < -0.39 is 5.97 Å². The van der Waals surface area contributed by atoms with Crippen LogP contribution in [0.1, 0.15) is 17.4 Å². The highest BCUT2D eigenvalue weighted by atomic mass is 16.5. The Morgan fingerprint density at radius 3 is 3.12 bits per heavy atom. The van der Waals surface area contributed by atoms with Crippen molar-refractivity contribution in [1.82, 2.24) is 9.97 Å². The Morgan fingerprint density at radius 1 is 1.69 bits per heavy atom. The molecule has 0 amide bonds. The molecule has 0 saturated carbocycles. The van der Waals surface area contributed by atoms with Crippen LogP contribution >= 0.6 is 0 Å². The molecule has 2 aromatic heterocycles. The molecule has 0 unspecified atom stereocenters. The van der Waals surface area contributed by atoms with Crippen LogP contribution in [0.15, 0.2) is 22.8 Å². The SMILES string of the molecule is CCOC(=O)c1[nH]c(-c2ccco2)nc1N. The van der Waals surface area contributed by atoms with E-state index in [4.69, 9.17) is 14.9 Å². The van der Waals surface area contributed by atoms with Gasteiger partial charge in [0.15, 0.2) is 23.1 Å². The Morgan fingerprint density at radius 2 is 2.50 bits per heavy atom. The molecule has 0 aliphatic carbocycles. The van der Waals surface area contributed by atoms with Crippen molar-refractivity contribution in [3.05, 3.63) is 24.1 Å². The van der Waals surface area contributed by atoms with Crippen LogP contribution < -0.4 is 5.73 Å². The summed E-state index contributed by atoms with van der Waals surface area (Å²) in [6, 6.07) is 3.44. The summed E-state index contributed by atoms with van der Waals surface area (Å²) in [5.41, 5.74) is 5.74.